The molecule has 0 aliphatic rings. The second-order valence-corrected chi connectivity index (χ2v) is 5.83. The first kappa shape index (κ1) is 17.5. The second-order valence-electron chi connectivity index (χ2n) is 5.83. The Hall–Kier alpha value is -2.82. The molecule has 0 saturated carbocycles. The molecule has 0 radical (unpaired) electrons. The summed E-state index contributed by atoms with van der Waals surface area (Å²) in [5, 5.41) is 2.77. The van der Waals surface area contributed by atoms with Crippen LogP contribution >= 0.6 is 0 Å². The summed E-state index contributed by atoms with van der Waals surface area (Å²) in [5.74, 6) is 0.694. The Bertz CT molecular complexity index is 686. The normalized spacial score (nSPS) is 11.5. The van der Waals surface area contributed by atoms with Gasteiger partial charge >= 0.3 is 6.09 Å². The predicted octanol–water partition coefficient (Wildman–Crippen LogP) is 3.37. The van der Waals surface area contributed by atoms with Gasteiger partial charge in [0.25, 0.3) is 0 Å². The molecule has 1 atom stereocenters. The summed E-state index contributed by atoms with van der Waals surface area (Å²) in [6.45, 7) is 6.29. The lowest BCUT2D eigenvalue weighted by atomic mass is 10.0. The number of hydrogen-bond donors (Lipinski definition) is 2. The molecule has 1 aromatic carbocycles. The average molecular weight is 325 g/mol. The minimum atomic E-state index is -0.497. The lowest BCUT2D eigenvalue weighted by molar-refractivity contribution is 0.198. The molecule has 0 aliphatic heterocycles. The molecule has 2 rings (SSSR count). The van der Waals surface area contributed by atoms with Crippen LogP contribution in [0.1, 0.15) is 24.5 Å². The van der Waals surface area contributed by atoms with E-state index in [-0.39, 0.29) is 0 Å². The zero-order chi connectivity index (χ0) is 17.4. The number of carbonyl (C=O) groups is 1. The van der Waals surface area contributed by atoms with Crippen molar-refractivity contribution in [2.75, 3.05) is 6.54 Å². The van der Waals surface area contributed by atoms with Crippen molar-refractivity contribution in [2.45, 2.75) is 19.8 Å². The molecular weight excluding hydrogens is 302 g/mol. The van der Waals surface area contributed by atoms with Crippen molar-refractivity contribution in [1.29, 1.82) is 0 Å². The van der Waals surface area contributed by atoms with Crippen LogP contribution in [0.3, 0.4) is 0 Å². The van der Waals surface area contributed by atoms with E-state index in [1.165, 1.54) is 11.8 Å². The van der Waals surface area contributed by atoms with Gasteiger partial charge < -0.3 is 15.8 Å². The molecule has 126 valence electrons. The van der Waals surface area contributed by atoms with E-state index in [4.69, 9.17) is 10.5 Å². The molecule has 0 spiro atoms. The van der Waals surface area contributed by atoms with Gasteiger partial charge in [0.05, 0.1) is 6.20 Å². The highest BCUT2D eigenvalue weighted by atomic mass is 16.6. The van der Waals surface area contributed by atoms with E-state index in [1.54, 1.807) is 12.3 Å². The lowest BCUT2D eigenvalue weighted by Crippen LogP contribution is -2.31. The minimum absolute atomic E-state index is 0.341. The van der Waals surface area contributed by atoms with Crippen LogP contribution in [0.25, 0.3) is 5.70 Å². The number of aryl methyl sites for hydroxylation is 1. The van der Waals surface area contributed by atoms with Crippen LogP contribution in [-0.2, 0) is 6.42 Å². The van der Waals surface area contributed by atoms with Gasteiger partial charge in [0, 0.05) is 24.0 Å². The summed E-state index contributed by atoms with van der Waals surface area (Å²) in [5.41, 5.74) is 7.92. The van der Waals surface area contributed by atoms with Crippen LogP contribution in [0.15, 0.2) is 55.4 Å². The highest BCUT2D eigenvalue weighted by molar-refractivity contribution is 5.71. The van der Waals surface area contributed by atoms with E-state index in [0.717, 1.165) is 12.8 Å². The number of nitrogens with one attached hydrogen (secondary N) is 1. The van der Waals surface area contributed by atoms with Gasteiger partial charge in [0.15, 0.2) is 5.75 Å². The molecule has 24 heavy (non-hydrogen) atoms. The van der Waals surface area contributed by atoms with E-state index in [2.05, 4.69) is 35.9 Å². The number of ether oxygens (including phenoxy) is 1. The maximum Gasteiger partial charge on any atom is 0.412 e. The Balaban J connectivity index is 1.74. The average Bonchev–Trinajstić information content (AvgIpc) is 2.59. The Labute approximate surface area is 142 Å². The number of rotatable bonds is 7. The molecule has 1 amide bonds. The lowest BCUT2D eigenvalue weighted by Gasteiger charge is -2.13. The van der Waals surface area contributed by atoms with Crippen molar-refractivity contribution < 1.29 is 9.53 Å². The first-order valence-electron chi connectivity index (χ1n) is 7.94. The van der Waals surface area contributed by atoms with Crippen LogP contribution in [-0.4, -0.2) is 17.6 Å². The van der Waals surface area contributed by atoms with Crippen LogP contribution in [0.2, 0.25) is 0 Å². The van der Waals surface area contributed by atoms with E-state index in [0.29, 0.717) is 29.5 Å². The Morgan fingerprint density at radius 3 is 2.79 bits per heavy atom. The molecule has 2 aromatic rings. The highest BCUT2D eigenvalue weighted by Crippen LogP contribution is 2.14. The summed E-state index contributed by atoms with van der Waals surface area (Å²) in [7, 11) is 0. The highest BCUT2D eigenvalue weighted by Gasteiger charge is 2.09. The Kier molecular flexibility index (Phi) is 6.37. The van der Waals surface area contributed by atoms with Gasteiger partial charge in [-0.05, 0) is 30.4 Å². The first-order valence-corrected chi connectivity index (χ1v) is 7.94. The fraction of sp³-hybridized carbons (Fsp3) is 0.263. The predicted molar refractivity (Wildman–Crippen MR) is 95.4 cm³/mol. The minimum Gasteiger partial charge on any atom is -0.409 e. The van der Waals surface area contributed by atoms with Crippen molar-refractivity contribution in [1.82, 2.24) is 10.3 Å². The topological polar surface area (TPSA) is 77.2 Å². The summed E-state index contributed by atoms with van der Waals surface area (Å²) in [6, 6.07) is 11.9. The molecule has 1 aromatic heterocycles. The van der Waals surface area contributed by atoms with E-state index < -0.39 is 6.09 Å². The van der Waals surface area contributed by atoms with Crippen LogP contribution in [0, 0.1) is 5.92 Å². The van der Waals surface area contributed by atoms with E-state index in [9.17, 15) is 4.79 Å². The molecule has 1 unspecified atom stereocenters. The van der Waals surface area contributed by atoms with E-state index in [1.807, 2.05) is 18.2 Å². The SMILES string of the molecule is C=C(N)c1cncc(OC(=O)NCC(C)CCc2ccccc2)c1. The first-order chi connectivity index (χ1) is 11.5. The monoisotopic (exact) mass is 325 g/mol. The van der Waals surface area contributed by atoms with Crippen molar-refractivity contribution in [3.8, 4) is 5.75 Å². The standard InChI is InChI=1S/C19H23N3O2/c1-14(8-9-16-6-4-3-5-7-16)11-22-19(23)24-18-10-17(15(2)20)12-21-13-18/h3-7,10,12-14H,2,8-9,11,20H2,1H3,(H,22,23). The summed E-state index contributed by atoms with van der Waals surface area (Å²) in [4.78, 5) is 15.8. The molecule has 3 N–H and O–H groups in total. The van der Waals surface area contributed by atoms with Crippen molar-refractivity contribution in [3.05, 3.63) is 66.5 Å². The number of amides is 1. The third-order valence-electron chi connectivity index (χ3n) is 3.66. The summed E-state index contributed by atoms with van der Waals surface area (Å²) >= 11 is 0. The molecule has 0 fully saturated rings. The van der Waals surface area contributed by atoms with Crippen molar-refractivity contribution >= 4 is 11.8 Å². The van der Waals surface area contributed by atoms with Gasteiger partial charge in [-0.25, -0.2) is 4.79 Å². The Morgan fingerprint density at radius 1 is 1.33 bits per heavy atom. The molecular formula is C19H23N3O2. The molecule has 5 heteroatoms. The number of benzene rings is 1. The zero-order valence-electron chi connectivity index (χ0n) is 13.9. The number of pyridine rings is 1. The molecule has 0 aliphatic carbocycles. The maximum absolute atomic E-state index is 11.9. The number of carbonyl (C=O) groups excluding carboxylic acids is 1. The fourth-order valence-corrected chi connectivity index (χ4v) is 2.21. The van der Waals surface area contributed by atoms with Gasteiger partial charge in [-0.15, -0.1) is 0 Å². The summed E-state index contributed by atoms with van der Waals surface area (Å²) in [6.07, 6.45) is 4.52. The van der Waals surface area contributed by atoms with Gasteiger partial charge in [-0.2, -0.15) is 0 Å². The van der Waals surface area contributed by atoms with Crippen molar-refractivity contribution in [3.63, 3.8) is 0 Å². The maximum atomic E-state index is 11.9. The van der Waals surface area contributed by atoms with Gasteiger partial charge in [-0.1, -0.05) is 43.8 Å². The number of nitrogens with zero attached hydrogens (tertiary/aromatic N) is 1. The van der Waals surface area contributed by atoms with Crippen LogP contribution in [0.4, 0.5) is 4.79 Å². The van der Waals surface area contributed by atoms with E-state index >= 15 is 0 Å². The van der Waals surface area contributed by atoms with Gasteiger partial charge in [0.2, 0.25) is 0 Å². The quantitative estimate of drug-likeness (QED) is 0.818. The molecule has 0 saturated heterocycles. The van der Waals surface area contributed by atoms with Gasteiger partial charge in [0.1, 0.15) is 0 Å². The third-order valence-corrected chi connectivity index (χ3v) is 3.66. The third kappa shape index (κ3) is 5.76. The largest absolute Gasteiger partial charge is 0.412 e. The van der Waals surface area contributed by atoms with Crippen LogP contribution in [0.5, 0.6) is 5.75 Å². The van der Waals surface area contributed by atoms with Crippen LogP contribution < -0.4 is 15.8 Å². The number of hydrogen-bond acceptors (Lipinski definition) is 4. The molecule has 1 heterocycles. The number of nitrogens with two attached hydrogens (primary N) is 1. The molecule has 0 bridgehead atoms. The van der Waals surface area contributed by atoms with Gasteiger partial charge in [-0.3, -0.25) is 4.98 Å². The second kappa shape index (κ2) is 8.72. The summed E-state index contributed by atoms with van der Waals surface area (Å²) < 4.78 is 5.21. The number of aromatic nitrogens is 1. The fourth-order valence-electron chi connectivity index (χ4n) is 2.21. The Morgan fingerprint density at radius 2 is 2.08 bits per heavy atom. The zero-order valence-corrected chi connectivity index (χ0v) is 13.9. The smallest absolute Gasteiger partial charge is 0.409 e. The van der Waals surface area contributed by atoms with Crippen molar-refractivity contribution in [2.24, 2.45) is 11.7 Å². The molecule has 5 nitrogen and oxygen atoms in total.